The molecular weight excluding hydrogens is 148 g/mol. The molecule has 1 N–H and O–H groups in total. The summed E-state index contributed by atoms with van der Waals surface area (Å²) in [6.45, 7) is 1.85. The Kier molecular flexibility index (Phi) is 2.67. The second-order valence-corrected chi connectivity index (χ2v) is 1.84. The van der Waals surface area contributed by atoms with Gasteiger partial charge < -0.3 is 9.84 Å². The van der Waals surface area contributed by atoms with Crippen LogP contribution in [0.1, 0.15) is 5.69 Å². The maximum absolute atomic E-state index is 8.41. The monoisotopic (exact) mass is 156 g/mol. The van der Waals surface area contributed by atoms with Crippen LogP contribution in [0.25, 0.3) is 0 Å². The molecule has 0 saturated carbocycles. The highest BCUT2D eigenvalue weighted by atomic mass is 16.5. The van der Waals surface area contributed by atoms with Crippen LogP contribution in [-0.2, 0) is 0 Å². The molecule has 0 atom stereocenters. The third kappa shape index (κ3) is 2.08. The molecule has 1 aromatic heterocycles. The second kappa shape index (κ2) is 3.77. The third-order valence-corrected chi connectivity index (χ3v) is 1.01. The highest BCUT2D eigenvalue weighted by Gasteiger charge is 2.00. The highest BCUT2D eigenvalue weighted by Crippen LogP contribution is 2.05. The SMILES string of the molecule is Cc1nnnnc1OCCO. The van der Waals surface area contributed by atoms with E-state index in [0.29, 0.717) is 11.6 Å². The van der Waals surface area contributed by atoms with Gasteiger partial charge in [-0.3, -0.25) is 0 Å². The lowest BCUT2D eigenvalue weighted by atomic mass is 10.5. The van der Waals surface area contributed by atoms with Crippen LogP contribution in [0.3, 0.4) is 0 Å². The first-order chi connectivity index (χ1) is 5.34. The summed E-state index contributed by atoms with van der Waals surface area (Å²) in [5.41, 5.74) is 0.563. The summed E-state index contributed by atoms with van der Waals surface area (Å²) >= 11 is 0. The Morgan fingerprint density at radius 3 is 2.73 bits per heavy atom. The van der Waals surface area contributed by atoms with E-state index in [1.807, 2.05) is 0 Å². The zero-order chi connectivity index (χ0) is 8.10. The van der Waals surface area contributed by atoms with Gasteiger partial charge in [0.05, 0.1) is 6.61 Å². The molecule has 6 heteroatoms. The molecule has 6 nitrogen and oxygen atoms in total. The van der Waals surface area contributed by atoms with Crippen molar-refractivity contribution in [3.05, 3.63) is 5.69 Å². The Hall–Kier alpha value is -1.30. The van der Waals surface area contributed by atoms with E-state index in [0.717, 1.165) is 0 Å². The molecule has 1 heterocycles. The summed E-state index contributed by atoms with van der Waals surface area (Å²) in [5, 5.41) is 22.1. The van der Waals surface area contributed by atoms with E-state index in [1.54, 1.807) is 6.92 Å². The number of ether oxygens (including phenoxy) is 1. The number of hydrogen-bond donors (Lipinski definition) is 1. The number of nitrogens with zero attached hydrogens (tertiary/aromatic N) is 4. The molecule has 0 aliphatic rings. The van der Waals surface area contributed by atoms with Gasteiger partial charge in [-0.05, 0) is 17.4 Å². The lowest BCUT2D eigenvalue weighted by Crippen LogP contribution is -2.07. The number of hydrogen-bond acceptors (Lipinski definition) is 6. The van der Waals surface area contributed by atoms with Gasteiger partial charge in [0.2, 0.25) is 0 Å². The average molecular weight is 156 g/mol. The first kappa shape index (κ1) is 7.80. The minimum absolute atomic E-state index is 0.0521. The smallest absolute Gasteiger partial charge is 0.258 e. The maximum Gasteiger partial charge on any atom is 0.258 e. The number of aliphatic hydroxyl groups excluding tert-OH is 1. The third-order valence-electron chi connectivity index (χ3n) is 1.01. The van der Waals surface area contributed by atoms with Gasteiger partial charge in [-0.2, -0.15) is 0 Å². The molecule has 0 radical (unpaired) electrons. The molecule has 0 saturated heterocycles. The first-order valence-electron chi connectivity index (χ1n) is 3.11. The van der Waals surface area contributed by atoms with E-state index in [-0.39, 0.29) is 13.2 Å². The summed E-state index contributed by atoms with van der Waals surface area (Å²) in [6, 6.07) is 0. The fraction of sp³-hybridized carbons (Fsp3) is 0.600. The van der Waals surface area contributed by atoms with Gasteiger partial charge in [-0.15, -0.1) is 5.10 Å². The minimum Gasteiger partial charge on any atom is -0.473 e. The van der Waals surface area contributed by atoms with Crippen molar-refractivity contribution in [1.82, 2.24) is 20.6 Å². The van der Waals surface area contributed by atoms with Crippen LogP contribution in [-0.4, -0.2) is 38.9 Å². The van der Waals surface area contributed by atoms with Gasteiger partial charge in [-0.25, -0.2) is 0 Å². The van der Waals surface area contributed by atoms with Gasteiger partial charge >= 0.3 is 0 Å². The predicted octanol–water partition coefficient (Wildman–Crippen LogP) is -1.05. The van der Waals surface area contributed by atoms with Crippen LogP contribution in [0, 0.1) is 6.92 Å². The number of aromatic nitrogens is 4. The summed E-state index contributed by atoms with van der Waals surface area (Å²) in [4.78, 5) is 0. The van der Waals surface area contributed by atoms with Gasteiger partial charge in [0, 0.05) is 0 Å². The molecule has 1 aromatic rings. The Morgan fingerprint density at radius 2 is 2.09 bits per heavy atom. The first-order valence-corrected chi connectivity index (χ1v) is 3.11. The van der Waals surface area contributed by atoms with Crippen molar-refractivity contribution >= 4 is 0 Å². The van der Waals surface area contributed by atoms with Crippen molar-refractivity contribution in [2.45, 2.75) is 6.92 Å². The Labute approximate surface area is 63.2 Å². The lowest BCUT2D eigenvalue weighted by Gasteiger charge is -2.01. The van der Waals surface area contributed by atoms with E-state index in [1.165, 1.54) is 0 Å². The number of aryl methyl sites for hydroxylation is 1. The van der Waals surface area contributed by atoms with Crippen molar-refractivity contribution in [3.8, 4) is 5.88 Å². The molecule has 0 aliphatic carbocycles. The molecule has 0 bridgehead atoms. The largest absolute Gasteiger partial charge is 0.473 e. The second-order valence-electron chi connectivity index (χ2n) is 1.84. The zero-order valence-corrected chi connectivity index (χ0v) is 6.06. The van der Waals surface area contributed by atoms with Crippen LogP contribution in [0.2, 0.25) is 0 Å². The summed E-state index contributed by atoms with van der Waals surface area (Å²) in [6.07, 6.45) is 0. The van der Waals surface area contributed by atoms with Crippen molar-refractivity contribution in [2.75, 3.05) is 13.2 Å². The average Bonchev–Trinajstić information content (AvgIpc) is 2.03. The predicted molar refractivity (Wildman–Crippen MR) is 34.9 cm³/mol. The lowest BCUT2D eigenvalue weighted by molar-refractivity contribution is 0.193. The highest BCUT2D eigenvalue weighted by molar-refractivity contribution is 5.11. The van der Waals surface area contributed by atoms with E-state index in [9.17, 15) is 0 Å². The Balaban J connectivity index is 2.62. The molecule has 0 amide bonds. The summed E-state index contributed by atoms with van der Waals surface area (Å²) in [7, 11) is 0. The normalized spacial score (nSPS) is 9.64. The molecule has 0 spiro atoms. The van der Waals surface area contributed by atoms with E-state index < -0.39 is 0 Å². The fourth-order valence-electron chi connectivity index (χ4n) is 0.538. The quantitative estimate of drug-likeness (QED) is 0.601. The van der Waals surface area contributed by atoms with Crippen LogP contribution in [0.15, 0.2) is 0 Å². The van der Waals surface area contributed by atoms with E-state index in [4.69, 9.17) is 9.84 Å². The topological polar surface area (TPSA) is 81.0 Å². The minimum atomic E-state index is -0.0521. The van der Waals surface area contributed by atoms with E-state index >= 15 is 0 Å². The molecule has 1 rings (SSSR count). The molecule has 0 unspecified atom stereocenters. The van der Waals surface area contributed by atoms with Crippen LogP contribution >= 0.6 is 0 Å². The van der Waals surface area contributed by atoms with Crippen molar-refractivity contribution in [1.29, 1.82) is 0 Å². The van der Waals surface area contributed by atoms with Crippen molar-refractivity contribution in [2.24, 2.45) is 0 Å². The van der Waals surface area contributed by atoms with Crippen molar-refractivity contribution < 1.29 is 9.84 Å². The van der Waals surface area contributed by atoms with Gasteiger partial charge in [-0.1, -0.05) is 5.10 Å². The number of rotatable bonds is 3. The molecular formula is C5H8N4O2. The molecule has 0 fully saturated rings. The Morgan fingerprint density at radius 1 is 1.36 bits per heavy atom. The molecule has 60 valence electrons. The zero-order valence-electron chi connectivity index (χ0n) is 6.06. The standard InChI is InChI=1S/C5H8N4O2/c1-4-5(11-3-2-10)7-9-8-6-4/h10H,2-3H2,1H3. The van der Waals surface area contributed by atoms with Crippen LogP contribution < -0.4 is 4.74 Å². The van der Waals surface area contributed by atoms with Gasteiger partial charge in [0.25, 0.3) is 5.88 Å². The Bertz CT molecular complexity index is 229. The molecule has 11 heavy (non-hydrogen) atoms. The van der Waals surface area contributed by atoms with Gasteiger partial charge in [0.15, 0.2) is 0 Å². The van der Waals surface area contributed by atoms with Gasteiger partial charge in [0.1, 0.15) is 12.3 Å². The summed E-state index contributed by atoms with van der Waals surface area (Å²) in [5.74, 6) is 0.314. The summed E-state index contributed by atoms with van der Waals surface area (Å²) < 4.78 is 4.96. The molecule has 0 aliphatic heterocycles. The van der Waals surface area contributed by atoms with Crippen LogP contribution in [0.5, 0.6) is 5.88 Å². The van der Waals surface area contributed by atoms with Crippen LogP contribution in [0.4, 0.5) is 0 Å². The fourth-order valence-corrected chi connectivity index (χ4v) is 0.538. The van der Waals surface area contributed by atoms with Crippen molar-refractivity contribution in [3.63, 3.8) is 0 Å². The molecule has 0 aromatic carbocycles. The maximum atomic E-state index is 8.41. The number of aliphatic hydroxyl groups is 1. The van der Waals surface area contributed by atoms with E-state index in [2.05, 4.69) is 20.6 Å².